The van der Waals surface area contributed by atoms with Crippen molar-refractivity contribution in [1.29, 1.82) is 0 Å². The van der Waals surface area contributed by atoms with Gasteiger partial charge in [-0.05, 0) is 56.3 Å². The predicted octanol–water partition coefficient (Wildman–Crippen LogP) is 2.68. The maximum Gasteiger partial charge on any atom is 0.0401 e. The van der Waals surface area contributed by atoms with Gasteiger partial charge < -0.3 is 10.2 Å². The maximum absolute atomic E-state index is 3.39. The monoisotopic (exact) mass is 244 g/mol. The van der Waals surface area contributed by atoms with E-state index in [1.54, 1.807) is 0 Å². The topological polar surface area (TPSA) is 15.3 Å². The summed E-state index contributed by atoms with van der Waals surface area (Å²) >= 11 is 0. The van der Waals surface area contributed by atoms with Crippen LogP contribution in [0, 0.1) is 11.8 Å². The largest absolute Gasteiger partial charge is 0.368 e. The molecule has 1 aromatic carbocycles. The van der Waals surface area contributed by atoms with Gasteiger partial charge in [0.15, 0.2) is 0 Å². The standard InChI is InChI=1S/C16H24N2/c1-12(15-9-17-10-15)11-18-13(2)7-8-14-5-3-4-6-16(14)18/h3-6,12-13,15,17H,7-11H2,1-2H3. The Labute approximate surface area is 110 Å². The first kappa shape index (κ1) is 12.0. The van der Waals surface area contributed by atoms with E-state index < -0.39 is 0 Å². The Balaban J connectivity index is 1.77. The number of para-hydroxylation sites is 1. The first-order valence-electron chi connectivity index (χ1n) is 7.31. The number of nitrogens with one attached hydrogen (secondary N) is 1. The highest BCUT2D eigenvalue weighted by molar-refractivity contribution is 5.56. The van der Waals surface area contributed by atoms with Crippen molar-refractivity contribution in [2.45, 2.75) is 32.7 Å². The van der Waals surface area contributed by atoms with E-state index in [9.17, 15) is 0 Å². The Morgan fingerprint density at radius 3 is 2.83 bits per heavy atom. The lowest BCUT2D eigenvalue weighted by molar-refractivity contribution is 0.247. The molecule has 1 fully saturated rings. The van der Waals surface area contributed by atoms with Gasteiger partial charge in [-0.25, -0.2) is 0 Å². The zero-order chi connectivity index (χ0) is 12.5. The summed E-state index contributed by atoms with van der Waals surface area (Å²) in [6, 6.07) is 9.64. The van der Waals surface area contributed by atoms with Crippen molar-refractivity contribution in [3.8, 4) is 0 Å². The third-order valence-electron chi connectivity index (χ3n) is 4.77. The molecule has 2 aliphatic heterocycles. The molecule has 2 unspecified atom stereocenters. The van der Waals surface area contributed by atoms with Crippen molar-refractivity contribution in [3.63, 3.8) is 0 Å². The van der Waals surface area contributed by atoms with Gasteiger partial charge in [0, 0.05) is 18.3 Å². The molecule has 2 heteroatoms. The van der Waals surface area contributed by atoms with Crippen molar-refractivity contribution in [2.24, 2.45) is 11.8 Å². The molecule has 3 rings (SSSR count). The Morgan fingerprint density at radius 2 is 2.11 bits per heavy atom. The van der Waals surface area contributed by atoms with Crippen molar-refractivity contribution >= 4 is 5.69 Å². The third-order valence-corrected chi connectivity index (χ3v) is 4.77. The number of fused-ring (bicyclic) bond motifs is 1. The number of rotatable bonds is 3. The van der Waals surface area contributed by atoms with Crippen molar-refractivity contribution in [1.82, 2.24) is 5.32 Å². The van der Waals surface area contributed by atoms with Gasteiger partial charge in [-0.2, -0.15) is 0 Å². The molecular weight excluding hydrogens is 220 g/mol. The van der Waals surface area contributed by atoms with Crippen LogP contribution in [0.2, 0.25) is 0 Å². The lowest BCUT2D eigenvalue weighted by Gasteiger charge is -2.42. The average Bonchev–Trinajstić information content (AvgIpc) is 2.31. The summed E-state index contributed by atoms with van der Waals surface area (Å²) in [5.41, 5.74) is 3.02. The van der Waals surface area contributed by atoms with Crippen LogP contribution in [0.3, 0.4) is 0 Å². The van der Waals surface area contributed by atoms with Crippen LogP contribution in [0.15, 0.2) is 24.3 Å². The van der Waals surface area contributed by atoms with Gasteiger partial charge in [-0.1, -0.05) is 25.1 Å². The molecular formula is C16H24N2. The van der Waals surface area contributed by atoms with Gasteiger partial charge in [0.25, 0.3) is 0 Å². The van der Waals surface area contributed by atoms with Crippen LogP contribution < -0.4 is 10.2 Å². The number of hydrogen-bond acceptors (Lipinski definition) is 2. The van der Waals surface area contributed by atoms with Gasteiger partial charge in [0.1, 0.15) is 0 Å². The SMILES string of the molecule is CC(CN1c2ccccc2CCC1C)C1CNC1. The van der Waals surface area contributed by atoms with Gasteiger partial charge in [0.2, 0.25) is 0 Å². The second-order valence-electron chi connectivity index (χ2n) is 6.06. The normalized spacial score (nSPS) is 25.4. The van der Waals surface area contributed by atoms with Gasteiger partial charge in [-0.15, -0.1) is 0 Å². The molecule has 0 radical (unpaired) electrons. The molecule has 0 amide bonds. The molecule has 1 aromatic rings. The fraction of sp³-hybridized carbons (Fsp3) is 0.625. The minimum atomic E-state index is 0.690. The van der Waals surface area contributed by atoms with Crippen LogP contribution in [0.1, 0.15) is 25.8 Å². The third kappa shape index (κ3) is 2.14. The van der Waals surface area contributed by atoms with Crippen LogP contribution >= 0.6 is 0 Å². The van der Waals surface area contributed by atoms with E-state index in [1.165, 1.54) is 43.7 Å². The zero-order valence-electron chi connectivity index (χ0n) is 11.5. The van der Waals surface area contributed by atoms with E-state index >= 15 is 0 Å². The zero-order valence-corrected chi connectivity index (χ0v) is 11.5. The van der Waals surface area contributed by atoms with Crippen LogP contribution in [0.5, 0.6) is 0 Å². The van der Waals surface area contributed by atoms with Crippen molar-refractivity contribution < 1.29 is 0 Å². The second-order valence-corrected chi connectivity index (χ2v) is 6.06. The summed E-state index contributed by atoms with van der Waals surface area (Å²) in [6.07, 6.45) is 2.54. The summed E-state index contributed by atoms with van der Waals surface area (Å²) in [4.78, 5) is 2.64. The fourth-order valence-electron chi connectivity index (χ4n) is 3.21. The highest BCUT2D eigenvalue weighted by Gasteiger charge is 2.29. The summed E-state index contributed by atoms with van der Waals surface area (Å²) in [6.45, 7) is 8.43. The Morgan fingerprint density at radius 1 is 1.33 bits per heavy atom. The highest BCUT2D eigenvalue weighted by atomic mass is 15.2. The molecule has 2 nitrogen and oxygen atoms in total. The van der Waals surface area contributed by atoms with Gasteiger partial charge in [0.05, 0.1) is 0 Å². The number of hydrogen-bond donors (Lipinski definition) is 1. The highest BCUT2D eigenvalue weighted by Crippen LogP contribution is 2.32. The van der Waals surface area contributed by atoms with E-state index in [0.29, 0.717) is 6.04 Å². The Kier molecular flexibility index (Phi) is 3.29. The van der Waals surface area contributed by atoms with E-state index in [0.717, 1.165) is 11.8 Å². The molecule has 98 valence electrons. The second kappa shape index (κ2) is 4.93. The number of benzene rings is 1. The van der Waals surface area contributed by atoms with Crippen molar-refractivity contribution in [3.05, 3.63) is 29.8 Å². The lowest BCUT2D eigenvalue weighted by Crippen LogP contribution is -2.50. The molecule has 0 aliphatic carbocycles. The van der Waals surface area contributed by atoms with Crippen LogP contribution in [-0.2, 0) is 6.42 Å². The Hall–Kier alpha value is -1.02. The van der Waals surface area contributed by atoms with E-state index in [-0.39, 0.29) is 0 Å². The predicted molar refractivity (Wildman–Crippen MR) is 77.1 cm³/mol. The van der Waals surface area contributed by atoms with E-state index in [4.69, 9.17) is 0 Å². The molecule has 1 N–H and O–H groups in total. The smallest absolute Gasteiger partial charge is 0.0401 e. The number of nitrogens with zero attached hydrogens (tertiary/aromatic N) is 1. The molecule has 2 heterocycles. The first-order chi connectivity index (χ1) is 8.75. The fourth-order valence-corrected chi connectivity index (χ4v) is 3.21. The minimum Gasteiger partial charge on any atom is -0.368 e. The molecule has 1 saturated heterocycles. The quantitative estimate of drug-likeness (QED) is 0.879. The average molecular weight is 244 g/mol. The summed E-state index contributed by atoms with van der Waals surface area (Å²) < 4.78 is 0. The summed E-state index contributed by atoms with van der Waals surface area (Å²) in [7, 11) is 0. The van der Waals surface area contributed by atoms with Crippen LogP contribution in [-0.4, -0.2) is 25.7 Å². The molecule has 0 saturated carbocycles. The lowest BCUT2D eigenvalue weighted by atomic mass is 9.87. The number of anilines is 1. The maximum atomic E-state index is 3.39. The first-order valence-corrected chi connectivity index (χ1v) is 7.31. The van der Waals surface area contributed by atoms with Crippen LogP contribution in [0.4, 0.5) is 5.69 Å². The van der Waals surface area contributed by atoms with Crippen molar-refractivity contribution in [2.75, 3.05) is 24.5 Å². The summed E-state index contributed by atoms with van der Waals surface area (Å²) in [5.74, 6) is 1.67. The minimum absolute atomic E-state index is 0.690. The number of aryl methyl sites for hydroxylation is 1. The van der Waals surface area contributed by atoms with Gasteiger partial charge >= 0.3 is 0 Å². The molecule has 18 heavy (non-hydrogen) atoms. The molecule has 2 aliphatic rings. The molecule has 0 aromatic heterocycles. The van der Waals surface area contributed by atoms with E-state index in [2.05, 4.69) is 48.3 Å². The molecule has 2 atom stereocenters. The van der Waals surface area contributed by atoms with Crippen LogP contribution in [0.25, 0.3) is 0 Å². The Bertz CT molecular complexity index is 411. The molecule has 0 spiro atoms. The summed E-state index contributed by atoms with van der Waals surface area (Å²) in [5, 5.41) is 3.39. The molecule has 0 bridgehead atoms. The van der Waals surface area contributed by atoms with Gasteiger partial charge in [-0.3, -0.25) is 0 Å². The van der Waals surface area contributed by atoms with E-state index in [1.807, 2.05) is 0 Å².